The molecule has 2 atom stereocenters. The SMILES string of the molecule is CCCCC/C=C\C/C=C\C/C=C\CCCCC(=O)OC[C@H](COP(=O)(O)OCCN)OC(=O)CCCCCCCCCCCCCCCCCCCCCCC. The summed E-state index contributed by atoms with van der Waals surface area (Å²) in [6, 6.07) is 0. The standard InChI is InChI=1S/C47H88NO8P/c1-3-5-7-9-11-13-15-17-19-20-21-22-23-24-26-28-30-32-34-36-38-40-47(50)56-45(44-55-57(51,52)54-42-41-48)43-53-46(49)39-37-35-33-31-29-27-25-18-16-14-12-10-8-6-4-2/h12,14,18,25,29,31,45H,3-11,13,15-17,19-24,26-28,30,32-44,48H2,1-2H3,(H,51,52)/b14-12-,25-18-,31-29-/t45-/m1/s1. The molecule has 0 aromatic heterocycles. The zero-order chi connectivity index (χ0) is 41.8. The van der Waals surface area contributed by atoms with Crippen molar-refractivity contribution in [3.63, 3.8) is 0 Å². The van der Waals surface area contributed by atoms with Crippen LogP contribution >= 0.6 is 7.82 Å². The first-order chi connectivity index (χ1) is 27.8. The highest BCUT2D eigenvalue weighted by Gasteiger charge is 2.26. The van der Waals surface area contributed by atoms with Crippen LogP contribution in [0.25, 0.3) is 0 Å². The highest BCUT2D eigenvalue weighted by Crippen LogP contribution is 2.43. The largest absolute Gasteiger partial charge is 0.472 e. The lowest BCUT2D eigenvalue weighted by molar-refractivity contribution is -0.161. The highest BCUT2D eigenvalue weighted by molar-refractivity contribution is 7.47. The highest BCUT2D eigenvalue weighted by atomic mass is 31.2. The second-order valence-corrected chi connectivity index (χ2v) is 17.1. The van der Waals surface area contributed by atoms with Crippen LogP contribution in [0.3, 0.4) is 0 Å². The van der Waals surface area contributed by atoms with E-state index in [1.807, 2.05) is 0 Å². The molecular formula is C47H88NO8P. The van der Waals surface area contributed by atoms with Gasteiger partial charge in [0.25, 0.3) is 0 Å². The summed E-state index contributed by atoms with van der Waals surface area (Å²) in [4.78, 5) is 34.9. The predicted molar refractivity (Wildman–Crippen MR) is 238 cm³/mol. The van der Waals surface area contributed by atoms with E-state index in [9.17, 15) is 19.0 Å². The summed E-state index contributed by atoms with van der Waals surface area (Å²) in [6.45, 7) is 3.69. The van der Waals surface area contributed by atoms with E-state index in [0.717, 1.165) is 44.9 Å². The van der Waals surface area contributed by atoms with Crippen molar-refractivity contribution in [3.05, 3.63) is 36.5 Å². The van der Waals surface area contributed by atoms with Crippen LogP contribution < -0.4 is 5.73 Å². The van der Waals surface area contributed by atoms with Crippen LogP contribution in [0.4, 0.5) is 0 Å². The molecule has 0 saturated heterocycles. The number of rotatable bonds is 44. The number of allylic oxidation sites excluding steroid dienone is 6. The molecule has 0 fully saturated rings. The molecule has 0 amide bonds. The normalized spacial score (nSPS) is 13.5. The van der Waals surface area contributed by atoms with Crippen molar-refractivity contribution in [2.75, 3.05) is 26.4 Å². The third kappa shape index (κ3) is 43.6. The maximum absolute atomic E-state index is 12.6. The van der Waals surface area contributed by atoms with Crippen molar-refractivity contribution in [3.8, 4) is 0 Å². The first-order valence-corrected chi connectivity index (χ1v) is 25.0. The minimum absolute atomic E-state index is 0.0490. The number of phosphoric ester groups is 1. The summed E-state index contributed by atoms with van der Waals surface area (Å²) in [6.07, 6.45) is 49.0. The Labute approximate surface area is 350 Å². The van der Waals surface area contributed by atoms with Gasteiger partial charge in [0.05, 0.1) is 13.2 Å². The van der Waals surface area contributed by atoms with Gasteiger partial charge < -0.3 is 20.1 Å². The number of hydrogen-bond acceptors (Lipinski definition) is 8. The Morgan fingerprint density at radius 1 is 0.526 bits per heavy atom. The molecule has 0 radical (unpaired) electrons. The van der Waals surface area contributed by atoms with Crippen LogP contribution in [0.15, 0.2) is 36.5 Å². The number of hydrogen-bond donors (Lipinski definition) is 2. The Morgan fingerprint density at radius 2 is 0.912 bits per heavy atom. The average molecular weight is 826 g/mol. The second-order valence-electron chi connectivity index (χ2n) is 15.6. The van der Waals surface area contributed by atoms with Gasteiger partial charge in [0.1, 0.15) is 6.61 Å². The van der Waals surface area contributed by atoms with Gasteiger partial charge >= 0.3 is 19.8 Å². The van der Waals surface area contributed by atoms with Crippen LogP contribution in [0.2, 0.25) is 0 Å². The third-order valence-corrected chi connectivity index (χ3v) is 11.0. The van der Waals surface area contributed by atoms with Gasteiger partial charge in [0, 0.05) is 19.4 Å². The third-order valence-electron chi connectivity index (χ3n) is 10.0. The smallest absolute Gasteiger partial charge is 0.462 e. The molecule has 0 rings (SSSR count). The lowest BCUT2D eigenvalue weighted by Gasteiger charge is -2.19. The Hall–Kier alpha value is -1.77. The second kappa shape index (κ2) is 43.8. The monoisotopic (exact) mass is 826 g/mol. The molecule has 0 spiro atoms. The Kier molecular flexibility index (Phi) is 42.4. The number of unbranched alkanes of at least 4 members (excludes halogenated alkanes) is 25. The molecule has 3 N–H and O–H groups in total. The predicted octanol–water partition coefficient (Wildman–Crippen LogP) is 13.7. The molecule has 0 aliphatic heterocycles. The van der Waals surface area contributed by atoms with E-state index in [2.05, 4.69) is 50.3 Å². The molecule has 334 valence electrons. The fraction of sp³-hybridized carbons (Fsp3) is 0.830. The molecule has 1 unspecified atom stereocenters. The molecule has 10 heteroatoms. The topological polar surface area (TPSA) is 134 Å². The van der Waals surface area contributed by atoms with E-state index >= 15 is 0 Å². The molecule has 0 aliphatic carbocycles. The Balaban J connectivity index is 4.10. The van der Waals surface area contributed by atoms with Crippen LogP contribution in [0.5, 0.6) is 0 Å². The Morgan fingerprint density at radius 3 is 1.39 bits per heavy atom. The summed E-state index contributed by atoms with van der Waals surface area (Å²) in [5.74, 6) is -0.866. The summed E-state index contributed by atoms with van der Waals surface area (Å²) < 4.78 is 32.8. The summed E-state index contributed by atoms with van der Waals surface area (Å²) >= 11 is 0. The summed E-state index contributed by atoms with van der Waals surface area (Å²) in [5, 5.41) is 0. The van der Waals surface area contributed by atoms with E-state index in [0.29, 0.717) is 12.8 Å². The van der Waals surface area contributed by atoms with Gasteiger partial charge in [-0.1, -0.05) is 192 Å². The molecule has 57 heavy (non-hydrogen) atoms. The van der Waals surface area contributed by atoms with Crippen LogP contribution in [-0.2, 0) is 32.7 Å². The molecule has 0 saturated carbocycles. The number of carbonyl (C=O) groups excluding carboxylic acids is 2. The van der Waals surface area contributed by atoms with Gasteiger partial charge in [0.15, 0.2) is 6.10 Å². The molecule has 0 aromatic carbocycles. The molecule has 0 aliphatic rings. The van der Waals surface area contributed by atoms with Crippen molar-refractivity contribution >= 4 is 19.8 Å². The summed E-state index contributed by atoms with van der Waals surface area (Å²) in [7, 11) is -4.38. The van der Waals surface area contributed by atoms with Crippen molar-refractivity contribution in [1.29, 1.82) is 0 Å². The molecule has 0 aromatic rings. The maximum Gasteiger partial charge on any atom is 0.472 e. The van der Waals surface area contributed by atoms with E-state index in [4.69, 9.17) is 24.3 Å². The van der Waals surface area contributed by atoms with Gasteiger partial charge in [-0.2, -0.15) is 0 Å². The van der Waals surface area contributed by atoms with Crippen molar-refractivity contribution in [2.24, 2.45) is 5.73 Å². The van der Waals surface area contributed by atoms with Crippen LogP contribution in [-0.4, -0.2) is 49.3 Å². The molecule has 9 nitrogen and oxygen atoms in total. The minimum Gasteiger partial charge on any atom is -0.462 e. The molecular weight excluding hydrogens is 737 g/mol. The van der Waals surface area contributed by atoms with Gasteiger partial charge in [-0.15, -0.1) is 0 Å². The van der Waals surface area contributed by atoms with Gasteiger partial charge in [-0.05, 0) is 51.4 Å². The average Bonchev–Trinajstić information content (AvgIpc) is 3.20. The lowest BCUT2D eigenvalue weighted by atomic mass is 10.0. The molecule has 0 bridgehead atoms. The van der Waals surface area contributed by atoms with Crippen LogP contribution in [0.1, 0.15) is 219 Å². The summed E-state index contributed by atoms with van der Waals surface area (Å²) in [5.41, 5.74) is 5.35. The van der Waals surface area contributed by atoms with Gasteiger partial charge in [-0.25, -0.2) is 4.57 Å². The van der Waals surface area contributed by atoms with E-state index in [1.165, 1.54) is 135 Å². The Bertz CT molecular complexity index is 1030. The van der Waals surface area contributed by atoms with E-state index in [-0.39, 0.29) is 32.6 Å². The van der Waals surface area contributed by atoms with Gasteiger partial charge in [-0.3, -0.25) is 18.6 Å². The van der Waals surface area contributed by atoms with E-state index < -0.39 is 32.5 Å². The zero-order valence-electron chi connectivity index (χ0n) is 36.8. The van der Waals surface area contributed by atoms with Crippen molar-refractivity contribution in [2.45, 2.75) is 225 Å². The number of esters is 2. The fourth-order valence-electron chi connectivity index (χ4n) is 6.52. The van der Waals surface area contributed by atoms with Crippen molar-refractivity contribution in [1.82, 2.24) is 0 Å². The number of phosphoric acid groups is 1. The van der Waals surface area contributed by atoms with E-state index in [1.54, 1.807) is 0 Å². The van der Waals surface area contributed by atoms with Crippen LogP contribution in [0, 0.1) is 0 Å². The number of carbonyl (C=O) groups is 2. The zero-order valence-corrected chi connectivity index (χ0v) is 37.7. The quantitative estimate of drug-likeness (QED) is 0.0266. The maximum atomic E-state index is 12.6. The van der Waals surface area contributed by atoms with Crippen molar-refractivity contribution < 1.29 is 37.6 Å². The lowest BCUT2D eigenvalue weighted by Crippen LogP contribution is -2.29. The molecule has 0 heterocycles. The first kappa shape index (κ1) is 55.2. The minimum atomic E-state index is -4.38. The van der Waals surface area contributed by atoms with Gasteiger partial charge in [0.2, 0.25) is 0 Å². The first-order valence-electron chi connectivity index (χ1n) is 23.5. The number of ether oxygens (including phenoxy) is 2. The number of nitrogens with two attached hydrogens (primary N) is 1. The fourth-order valence-corrected chi connectivity index (χ4v) is 7.29.